The standard InChI is InChI=1S/C19H21FN2O/c1-3-15-7-9-17(10-8-15)14(2)22-19(23)21-12-11-16-5-4-6-18(20)13-16/h4-14H,3H2,1-2H3,(H2,21,22,23)/b12-11+. The maximum absolute atomic E-state index is 13.0. The Morgan fingerprint density at radius 2 is 1.96 bits per heavy atom. The van der Waals surface area contributed by atoms with E-state index in [2.05, 4.69) is 29.7 Å². The van der Waals surface area contributed by atoms with Gasteiger partial charge in [0.2, 0.25) is 0 Å². The molecule has 2 amide bonds. The molecule has 0 heterocycles. The van der Waals surface area contributed by atoms with Crippen LogP contribution in [0.15, 0.2) is 54.7 Å². The van der Waals surface area contributed by atoms with Crippen LogP contribution in [0.25, 0.3) is 6.08 Å². The number of carbonyl (C=O) groups excluding carboxylic acids is 1. The highest BCUT2D eigenvalue weighted by atomic mass is 19.1. The molecular formula is C19H21FN2O. The van der Waals surface area contributed by atoms with Gasteiger partial charge in [-0.1, -0.05) is 43.3 Å². The summed E-state index contributed by atoms with van der Waals surface area (Å²) in [6.45, 7) is 4.03. The molecule has 0 saturated heterocycles. The monoisotopic (exact) mass is 312 g/mol. The lowest BCUT2D eigenvalue weighted by Crippen LogP contribution is -2.34. The fourth-order valence-corrected chi connectivity index (χ4v) is 2.19. The van der Waals surface area contributed by atoms with Gasteiger partial charge < -0.3 is 10.6 Å². The number of hydrogen-bond acceptors (Lipinski definition) is 1. The van der Waals surface area contributed by atoms with Gasteiger partial charge in [-0.15, -0.1) is 0 Å². The minimum atomic E-state index is -0.305. The third-order valence-electron chi connectivity index (χ3n) is 3.57. The van der Waals surface area contributed by atoms with Gasteiger partial charge in [-0.2, -0.15) is 0 Å². The average molecular weight is 312 g/mol. The first-order valence-corrected chi connectivity index (χ1v) is 7.66. The van der Waals surface area contributed by atoms with Crippen LogP contribution in [0, 0.1) is 5.82 Å². The number of rotatable bonds is 5. The summed E-state index contributed by atoms with van der Waals surface area (Å²) in [5.41, 5.74) is 3.00. The summed E-state index contributed by atoms with van der Waals surface area (Å²) in [5, 5.41) is 5.48. The molecule has 120 valence electrons. The highest BCUT2D eigenvalue weighted by Crippen LogP contribution is 2.13. The molecule has 2 aromatic carbocycles. The van der Waals surface area contributed by atoms with Crippen molar-refractivity contribution in [1.82, 2.24) is 10.6 Å². The minimum Gasteiger partial charge on any atom is -0.331 e. The zero-order valence-electron chi connectivity index (χ0n) is 13.3. The second kappa shape index (κ2) is 8.13. The van der Waals surface area contributed by atoms with E-state index in [4.69, 9.17) is 0 Å². The van der Waals surface area contributed by atoms with Gasteiger partial charge in [-0.05, 0) is 48.2 Å². The van der Waals surface area contributed by atoms with Gasteiger partial charge in [0, 0.05) is 6.20 Å². The van der Waals surface area contributed by atoms with Crippen molar-refractivity contribution in [2.75, 3.05) is 0 Å². The number of urea groups is 1. The predicted molar refractivity (Wildman–Crippen MR) is 91.3 cm³/mol. The van der Waals surface area contributed by atoms with Crippen molar-refractivity contribution >= 4 is 12.1 Å². The van der Waals surface area contributed by atoms with Gasteiger partial charge in [-0.25, -0.2) is 9.18 Å². The van der Waals surface area contributed by atoms with E-state index in [0.717, 1.165) is 12.0 Å². The second-order valence-corrected chi connectivity index (χ2v) is 5.32. The molecule has 0 bridgehead atoms. The minimum absolute atomic E-state index is 0.0940. The fourth-order valence-electron chi connectivity index (χ4n) is 2.19. The van der Waals surface area contributed by atoms with E-state index in [1.165, 1.54) is 23.9 Å². The van der Waals surface area contributed by atoms with Crippen molar-refractivity contribution < 1.29 is 9.18 Å². The van der Waals surface area contributed by atoms with Crippen LogP contribution >= 0.6 is 0 Å². The molecule has 4 heteroatoms. The van der Waals surface area contributed by atoms with Crippen molar-refractivity contribution in [3.05, 3.63) is 77.2 Å². The highest BCUT2D eigenvalue weighted by molar-refractivity contribution is 5.76. The molecule has 2 aromatic rings. The lowest BCUT2D eigenvalue weighted by Gasteiger charge is -2.14. The van der Waals surface area contributed by atoms with Crippen LogP contribution in [0.2, 0.25) is 0 Å². The number of aryl methyl sites for hydroxylation is 1. The molecule has 23 heavy (non-hydrogen) atoms. The average Bonchev–Trinajstić information content (AvgIpc) is 2.55. The summed E-state index contributed by atoms with van der Waals surface area (Å²) < 4.78 is 13.0. The summed E-state index contributed by atoms with van der Waals surface area (Å²) in [7, 11) is 0. The van der Waals surface area contributed by atoms with Gasteiger partial charge in [0.1, 0.15) is 5.82 Å². The topological polar surface area (TPSA) is 41.1 Å². The van der Waals surface area contributed by atoms with Gasteiger partial charge >= 0.3 is 6.03 Å². The van der Waals surface area contributed by atoms with Crippen LogP contribution in [0.5, 0.6) is 0 Å². The normalized spacial score (nSPS) is 12.1. The van der Waals surface area contributed by atoms with Crippen molar-refractivity contribution in [3.8, 4) is 0 Å². The van der Waals surface area contributed by atoms with Crippen LogP contribution in [0.3, 0.4) is 0 Å². The number of hydrogen-bond donors (Lipinski definition) is 2. The Balaban J connectivity index is 1.86. The zero-order valence-corrected chi connectivity index (χ0v) is 13.3. The van der Waals surface area contributed by atoms with Crippen molar-refractivity contribution in [2.24, 2.45) is 0 Å². The Bertz CT molecular complexity index is 680. The molecule has 1 atom stereocenters. The smallest absolute Gasteiger partial charge is 0.319 e. The van der Waals surface area contributed by atoms with E-state index in [9.17, 15) is 9.18 Å². The predicted octanol–water partition coefficient (Wildman–Crippen LogP) is 4.42. The number of carbonyl (C=O) groups is 1. The SMILES string of the molecule is CCc1ccc(C(C)NC(=O)N/C=C/c2cccc(F)c2)cc1. The van der Waals surface area contributed by atoms with Crippen LogP contribution < -0.4 is 10.6 Å². The van der Waals surface area contributed by atoms with E-state index < -0.39 is 0 Å². The van der Waals surface area contributed by atoms with E-state index in [0.29, 0.717) is 5.56 Å². The number of nitrogens with one attached hydrogen (secondary N) is 2. The summed E-state index contributed by atoms with van der Waals surface area (Å²) in [6.07, 6.45) is 4.13. The van der Waals surface area contributed by atoms with Crippen LogP contribution in [0.1, 0.15) is 36.6 Å². The first-order chi connectivity index (χ1) is 11.1. The first kappa shape index (κ1) is 16.7. The van der Waals surface area contributed by atoms with E-state index in [-0.39, 0.29) is 17.9 Å². The molecule has 0 aliphatic heterocycles. The highest BCUT2D eigenvalue weighted by Gasteiger charge is 2.07. The molecule has 0 aromatic heterocycles. The molecule has 0 aliphatic rings. The molecule has 0 fully saturated rings. The number of benzene rings is 2. The summed E-state index contributed by atoms with van der Waals surface area (Å²) in [4.78, 5) is 11.9. The maximum atomic E-state index is 13.0. The Morgan fingerprint density at radius 1 is 1.22 bits per heavy atom. The quantitative estimate of drug-likeness (QED) is 0.843. The van der Waals surface area contributed by atoms with Gasteiger partial charge in [0.05, 0.1) is 6.04 Å². The summed E-state index contributed by atoms with van der Waals surface area (Å²) in [5.74, 6) is -0.305. The van der Waals surface area contributed by atoms with Crippen LogP contribution in [-0.4, -0.2) is 6.03 Å². The molecule has 0 saturated carbocycles. The molecule has 2 rings (SSSR count). The first-order valence-electron chi connectivity index (χ1n) is 7.66. The molecule has 0 radical (unpaired) electrons. The lowest BCUT2D eigenvalue weighted by molar-refractivity contribution is 0.241. The van der Waals surface area contributed by atoms with E-state index in [1.54, 1.807) is 18.2 Å². The fraction of sp³-hybridized carbons (Fsp3) is 0.211. The number of halogens is 1. The Hall–Kier alpha value is -2.62. The molecule has 1 unspecified atom stereocenters. The largest absolute Gasteiger partial charge is 0.331 e. The molecular weight excluding hydrogens is 291 g/mol. The molecule has 0 aliphatic carbocycles. The van der Waals surface area contributed by atoms with E-state index >= 15 is 0 Å². The van der Waals surface area contributed by atoms with Gasteiger partial charge in [0.25, 0.3) is 0 Å². The lowest BCUT2D eigenvalue weighted by atomic mass is 10.1. The van der Waals surface area contributed by atoms with Crippen molar-refractivity contribution in [1.29, 1.82) is 0 Å². The molecule has 2 N–H and O–H groups in total. The van der Waals surface area contributed by atoms with Crippen molar-refractivity contribution in [3.63, 3.8) is 0 Å². The van der Waals surface area contributed by atoms with Gasteiger partial charge in [-0.3, -0.25) is 0 Å². The van der Waals surface area contributed by atoms with Gasteiger partial charge in [0.15, 0.2) is 0 Å². The summed E-state index contributed by atoms with van der Waals surface area (Å²) >= 11 is 0. The third-order valence-corrected chi connectivity index (χ3v) is 3.57. The van der Waals surface area contributed by atoms with E-state index in [1.807, 2.05) is 19.1 Å². The number of amides is 2. The zero-order chi connectivity index (χ0) is 16.7. The molecule has 0 spiro atoms. The Labute approximate surface area is 136 Å². The van der Waals surface area contributed by atoms with Crippen LogP contribution in [-0.2, 0) is 6.42 Å². The molecule has 3 nitrogen and oxygen atoms in total. The maximum Gasteiger partial charge on any atom is 0.319 e. The Morgan fingerprint density at radius 3 is 2.61 bits per heavy atom. The Kier molecular flexibility index (Phi) is 5.92. The summed E-state index contributed by atoms with van der Waals surface area (Å²) in [6, 6.07) is 13.9. The third kappa shape index (κ3) is 5.25. The van der Waals surface area contributed by atoms with Crippen LogP contribution in [0.4, 0.5) is 9.18 Å². The second-order valence-electron chi connectivity index (χ2n) is 5.32. The van der Waals surface area contributed by atoms with Crippen molar-refractivity contribution in [2.45, 2.75) is 26.3 Å².